The zero-order valence-electron chi connectivity index (χ0n) is 18.3. The second kappa shape index (κ2) is 9.73. The third-order valence-corrected chi connectivity index (χ3v) is 4.68. The Morgan fingerprint density at radius 1 is 0.600 bits per heavy atom. The molecule has 0 aliphatic carbocycles. The highest BCUT2D eigenvalue weighted by atomic mass is 19.4. The predicted molar refractivity (Wildman–Crippen MR) is 92.4 cm³/mol. The summed E-state index contributed by atoms with van der Waals surface area (Å²) >= 11 is 0. The van der Waals surface area contributed by atoms with Crippen molar-refractivity contribution in [1.82, 2.24) is 0 Å². The summed E-state index contributed by atoms with van der Waals surface area (Å²) in [6.07, 6.45) is -7.93. The van der Waals surface area contributed by atoms with Gasteiger partial charge in [0.25, 0.3) is 0 Å². The number of halogens is 19. The Kier molecular flexibility index (Phi) is 8.48. The number of alkyl halides is 17. The molecule has 0 radical (unpaired) electrons. The first kappa shape index (κ1) is 34.9. The maximum atomic E-state index is 13.9. The van der Waals surface area contributed by atoms with E-state index in [0.29, 0.717) is 13.2 Å². The minimum Gasteiger partial charge on any atom is -0.491 e. The molecule has 0 spiro atoms. The summed E-state index contributed by atoms with van der Waals surface area (Å²) in [5.74, 6) is -67.1. The number of methoxy groups -OCH3 is 1. The van der Waals surface area contributed by atoms with Crippen LogP contribution in [0, 0.1) is 0 Å². The highest BCUT2D eigenvalue weighted by molar-refractivity contribution is 5.67. The van der Waals surface area contributed by atoms with Crippen molar-refractivity contribution in [3.05, 3.63) is 24.0 Å². The fourth-order valence-corrected chi connectivity index (χ4v) is 2.51. The molecule has 1 aromatic carbocycles. The number of nitrogen functional groups attached to an aromatic ring is 2. The Hall–Kier alpha value is -3.17. The Bertz CT molecular complexity index is 1140. The van der Waals surface area contributed by atoms with Crippen LogP contribution in [0.2, 0.25) is 0 Å². The van der Waals surface area contributed by atoms with Gasteiger partial charge in [0.1, 0.15) is 0 Å². The zero-order valence-corrected chi connectivity index (χ0v) is 18.3. The molecule has 232 valence electrons. The van der Waals surface area contributed by atoms with Gasteiger partial charge in [0.15, 0.2) is 11.5 Å². The summed E-state index contributed by atoms with van der Waals surface area (Å²) in [6, 6.07) is -2.65. The molecule has 0 heterocycles. The quantitative estimate of drug-likeness (QED) is 0.161. The molecular weight excluding hydrogens is 625 g/mol. The Morgan fingerprint density at radius 3 is 1.35 bits per heavy atom. The number of hydrogen-bond donors (Lipinski definition) is 2. The van der Waals surface area contributed by atoms with Crippen molar-refractivity contribution in [2.24, 2.45) is 0 Å². The molecule has 0 aliphatic rings. The topological polar surface area (TPSA) is 70.5 Å². The van der Waals surface area contributed by atoms with Gasteiger partial charge in [-0.15, -0.1) is 0 Å². The molecule has 23 heteroatoms. The Balaban J connectivity index is 3.74. The SMILES string of the molecule is COc1c(N)cc(N)cc1OC(F)=C(F)C(F)(F)C(F)(F)C(F)(F)C(F)(F)C(F)(F)C(F)(F)C(F)(F)C(F)(F)F. The molecule has 0 saturated heterocycles. The third kappa shape index (κ3) is 4.73. The maximum Gasteiger partial charge on any atom is 0.460 e. The molecule has 4 N–H and O–H groups in total. The van der Waals surface area contributed by atoms with Crippen LogP contribution in [0.25, 0.3) is 0 Å². The molecule has 0 unspecified atom stereocenters. The van der Waals surface area contributed by atoms with Crippen LogP contribution < -0.4 is 20.9 Å². The summed E-state index contributed by atoms with van der Waals surface area (Å²) in [5.41, 5.74) is 9.16. The minimum atomic E-state index is -8.96. The minimum absolute atomic E-state index is 0.324. The fraction of sp³-hybridized carbons (Fsp3) is 0.529. The van der Waals surface area contributed by atoms with Gasteiger partial charge < -0.3 is 20.9 Å². The van der Waals surface area contributed by atoms with E-state index in [4.69, 9.17) is 11.5 Å². The van der Waals surface area contributed by atoms with Crippen LogP contribution in [-0.4, -0.2) is 54.7 Å². The Labute approximate surface area is 207 Å². The molecule has 4 nitrogen and oxygen atoms in total. The lowest BCUT2D eigenvalue weighted by molar-refractivity contribution is -0.460. The van der Waals surface area contributed by atoms with Crippen molar-refractivity contribution in [2.45, 2.75) is 47.6 Å². The highest BCUT2D eigenvalue weighted by Gasteiger charge is 2.95. The average molecular weight is 634 g/mol. The largest absolute Gasteiger partial charge is 0.491 e. The van der Waals surface area contributed by atoms with Crippen molar-refractivity contribution >= 4 is 11.4 Å². The smallest absolute Gasteiger partial charge is 0.460 e. The maximum absolute atomic E-state index is 13.9. The van der Waals surface area contributed by atoms with E-state index in [1.807, 2.05) is 0 Å². The number of benzene rings is 1. The van der Waals surface area contributed by atoms with Gasteiger partial charge >= 0.3 is 53.6 Å². The highest BCUT2D eigenvalue weighted by Crippen LogP contribution is 2.64. The molecule has 0 aliphatic heterocycles. The zero-order chi connectivity index (χ0) is 32.3. The van der Waals surface area contributed by atoms with Crippen LogP contribution in [0.3, 0.4) is 0 Å². The molecule has 0 atom stereocenters. The Morgan fingerprint density at radius 2 is 0.975 bits per heavy atom. The number of allylic oxidation sites excluding steroid dienone is 1. The standard InChI is InChI=1S/C17H9F19N2O2/c1-39-7-5(38)2-4(37)3-6(7)40-9(19)8(18)10(20,21)11(22,23)12(24,25)13(26,27)14(28,29)15(30,31)16(32,33)17(34,35)36/h2-3H,37-38H2,1H3. The lowest BCUT2D eigenvalue weighted by Gasteiger charge is -2.42. The average Bonchev–Trinajstić information content (AvgIpc) is 2.76. The van der Waals surface area contributed by atoms with E-state index in [1.165, 1.54) is 0 Å². The van der Waals surface area contributed by atoms with Crippen LogP contribution in [0.15, 0.2) is 24.0 Å². The van der Waals surface area contributed by atoms with Crippen LogP contribution in [0.5, 0.6) is 11.5 Å². The molecule has 0 fully saturated rings. The van der Waals surface area contributed by atoms with Crippen molar-refractivity contribution in [1.29, 1.82) is 0 Å². The van der Waals surface area contributed by atoms with Gasteiger partial charge in [-0.25, -0.2) is 0 Å². The summed E-state index contributed by atoms with van der Waals surface area (Å²) in [7, 11) is 0.677. The van der Waals surface area contributed by atoms with Crippen LogP contribution >= 0.6 is 0 Å². The van der Waals surface area contributed by atoms with E-state index in [1.54, 1.807) is 0 Å². The summed E-state index contributed by atoms with van der Waals surface area (Å²) in [6.45, 7) is 0. The van der Waals surface area contributed by atoms with Crippen molar-refractivity contribution in [3.63, 3.8) is 0 Å². The number of nitrogens with two attached hydrogens (primary N) is 2. The van der Waals surface area contributed by atoms with E-state index in [0.717, 1.165) is 6.07 Å². The third-order valence-electron chi connectivity index (χ3n) is 4.68. The number of anilines is 2. The normalized spacial score (nSPS) is 15.6. The first-order valence-electron chi connectivity index (χ1n) is 9.09. The fourth-order valence-electron chi connectivity index (χ4n) is 2.51. The van der Waals surface area contributed by atoms with Crippen molar-refractivity contribution in [2.75, 3.05) is 18.6 Å². The van der Waals surface area contributed by atoms with E-state index < -0.39 is 82.3 Å². The van der Waals surface area contributed by atoms with Crippen molar-refractivity contribution in [3.8, 4) is 11.5 Å². The molecule has 0 amide bonds. The predicted octanol–water partition coefficient (Wildman–Crippen LogP) is 7.36. The molecule has 0 saturated carbocycles. The summed E-state index contributed by atoms with van der Waals surface area (Å²) in [5, 5.41) is 0. The number of rotatable bonds is 10. The van der Waals surface area contributed by atoms with Gasteiger partial charge in [-0.2, -0.15) is 83.4 Å². The van der Waals surface area contributed by atoms with Crippen molar-refractivity contribution < 1.29 is 92.9 Å². The van der Waals surface area contributed by atoms with Gasteiger partial charge in [-0.1, -0.05) is 0 Å². The first-order chi connectivity index (χ1) is 17.4. The van der Waals surface area contributed by atoms with E-state index in [2.05, 4.69) is 9.47 Å². The molecule has 1 rings (SSSR count). The monoisotopic (exact) mass is 634 g/mol. The van der Waals surface area contributed by atoms with Crippen LogP contribution in [-0.2, 0) is 0 Å². The van der Waals surface area contributed by atoms with E-state index in [-0.39, 0.29) is 0 Å². The van der Waals surface area contributed by atoms with Gasteiger partial charge in [0, 0.05) is 11.8 Å². The summed E-state index contributed by atoms with van der Waals surface area (Å²) < 4.78 is 261. The van der Waals surface area contributed by atoms with Gasteiger partial charge in [0.2, 0.25) is 5.83 Å². The number of ether oxygens (including phenoxy) is 2. The molecule has 40 heavy (non-hydrogen) atoms. The van der Waals surface area contributed by atoms with E-state index in [9.17, 15) is 83.4 Å². The van der Waals surface area contributed by atoms with Gasteiger partial charge in [0.05, 0.1) is 12.8 Å². The lowest BCUT2D eigenvalue weighted by Crippen LogP contribution is -2.74. The second-order valence-electron chi connectivity index (χ2n) is 7.35. The van der Waals surface area contributed by atoms with Crippen LogP contribution in [0.1, 0.15) is 0 Å². The molecule has 0 aromatic heterocycles. The lowest BCUT2D eigenvalue weighted by atomic mass is 9.88. The van der Waals surface area contributed by atoms with Crippen LogP contribution in [0.4, 0.5) is 94.8 Å². The molecule has 0 bridgehead atoms. The van der Waals surface area contributed by atoms with E-state index >= 15 is 0 Å². The second-order valence-corrected chi connectivity index (χ2v) is 7.35. The van der Waals surface area contributed by atoms with Gasteiger partial charge in [-0.05, 0) is 6.07 Å². The number of hydrogen-bond acceptors (Lipinski definition) is 4. The first-order valence-corrected chi connectivity index (χ1v) is 9.09. The van der Waals surface area contributed by atoms with Gasteiger partial charge in [-0.3, -0.25) is 0 Å². The summed E-state index contributed by atoms with van der Waals surface area (Å²) in [4.78, 5) is 0. The molecule has 1 aromatic rings. The molecular formula is C17H9F19N2O2.